The Kier molecular flexibility index (Phi) is 3.76. The lowest BCUT2D eigenvalue weighted by Gasteiger charge is -2.46. The molecule has 0 bridgehead atoms. The number of hydrogen-bond donors (Lipinski definition) is 2. The van der Waals surface area contributed by atoms with Crippen LogP contribution in [0.4, 0.5) is 0 Å². The van der Waals surface area contributed by atoms with E-state index in [-0.39, 0.29) is 18.4 Å². The zero-order valence-electron chi connectivity index (χ0n) is 14.2. The number of fused-ring (bicyclic) bond motifs is 1. The summed E-state index contributed by atoms with van der Waals surface area (Å²) in [6, 6.07) is 5.57. The van der Waals surface area contributed by atoms with E-state index in [4.69, 9.17) is 0 Å². The van der Waals surface area contributed by atoms with Crippen molar-refractivity contribution in [2.75, 3.05) is 19.6 Å². The summed E-state index contributed by atoms with van der Waals surface area (Å²) in [5.74, 6) is -0.331. The van der Waals surface area contributed by atoms with Crippen molar-refractivity contribution in [3.8, 4) is 0 Å². The number of carbonyl (C=O) groups is 2. The summed E-state index contributed by atoms with van der Waals surface area (Å²) in [6.07, 6.45) is 3.03. The van der Waals surface area contributed by atoms with E-state index in [1.54, 1.807) is 11.0 Å². The van der Waals surface area contributed by atoms with Crippen LogP contribution in [0.1, 0.15) is 29.8 Å². The molecule has 0 radical (unpaired) electrons. The fourth-order valence-corrected chi connectivity index (χ4v) is 4.03. The maximum Gasteiger partial charge on any atom is 0.272 e. The predicted molar refractivity (Wildman–Crippen MR) is 91.9 cm³/mol. The molecule has 7 heteroatoms. The molecule has 2 aliphatic heterocycles. The van der Waals surface area contributed by atoms with Gasteiger partial charge in [0.25, 0.3) is 5.91 Å². The first-order chi connectivity index (χ1) is 12.0. The normalized spacial score (nSPS) is 26.9. The van der Waals surface area contributed by atoms with Crippen LogP contribution in [0.2, 0.25) is 0 Å². The number of likely N-dealkylation sites (tertiary alicyclic amines) is 1. The van der Waals surface area contributed by atoms with Crippen molar-refractivity contribution in [3.63, 3.8) is 0 Å². The van der Waals surface area contributed by atoms with Crippen LogP contribution in [-0.2, 0) is 11.8 Å². The van der Waals surface area contributed by atoms with E-state index >= 15 is 0 Å². The van der Waals surface area contributed by atoms with E-state index < -0.39 is 11.5 Å². The van der Waals surface area contributed by atoms with Gasteiger partial charge in [-0.2, -0.15) is 0 Å². The van der Waals surface area contributed by atoms with Gasteiger partial charge in [0.05, 0.1) is 11.5 Å². The second kappa shape index (κ2) is 5.84. The number of nitrogens with one attached hydrogen (secondary N) is 1. The van der Waals surface area contributed by atoms with E-state index in [0.717, 1.165) is 17.5 Å². The van der Waals surface area contributed by atoms with Crippen molar-refractivity contribution in [1.82, 2.24) is 19.8 Å². The van der Waals surface area contributed by atoms with Crippen LogP contribution < -0.4 is 5.32 Å². The average Bonchev–Trinajstić information content (AvgIpc) is 2.99. The maximum absolute atomic E-state index is 13.0. The maximum atomic E-state index is 13.0. The van der Waals surface area contributed by atoms with Crippen LogP contribution in [0, 0.1) is 5.41 Å². The first-order valence-corrected chi connectivity index (χ1v) is 8.69. The molecule has 0 saturated carbocycles. The van der Waals surface area contributed by atoms with Crippen LogP contribution in [0.15, 0.2) is 24.4 Å². The number of rotatable bonds is 1. The Bertz CT molecular complexity index is 846. The molecule has 2 aromatic heterocycles. The molecule has 132 valence electrons. The van der Waals surface area contributed by atoms with E-state index in [1.807, 2.05) is 29.9 Å². The fraction of sp³-hybridized carbons (Fsp3) is 0.500. The third-order valence-electron chi connectivity index (χ3n) is 5.54. The van der Waals surface area contributed by atoms with E-state index in [0.29, 0.717) is 31.6 Å². The molecule has 4 heterocycles. The Balaban J connectivity index is 1.63. The molecule has 2 aromatic rings. The van der Waals surface area contributed by atoms with Gasteiger partial charge in [0.15, 0.2) is 0 Å². The highest BCUT2D eigenvalue weighted by molar-refractivity contribution is 5.95. The second-order valence-corrected chi connectivity index (χ2v) is 7.08. The lowest BCUT2D eigenvalue weighted by molar-refractivity contribution is -0.147. The number of carbonyl (C=O) groups excluding carboxylic acids is 2. The van der Waals surface area contributed by atoms with Gasteiger partial charge in [-0.3, -0.25) is 9.59 Å². The van der Waals surface area contributed by atoms with Gasteiger partial charge in [-0.1, -0.05) is 0 Å². The number of piperidine rings is 2. The quantitative estimate of drug-likeness (QED) is 0.798. The van der Waals surface area contributed by atoms with Crippen molar-refractivity contribution < 1.29 is 14.7 Å². The molecule has 25 heavy (non-hydrogen) atoms. The summed E-state index contributed by atoms with van der Waals surface area (Å²) in [4.78, 5) is 31.6. The summed E-state index contributed by atoms with van der Waals surface area (Å²) in [5.41, 5.74) is 0.242. The molecule has 0 unspecified atom stereocenters. The summed E-state index contributed by atoms with van der Waals surface area (Å²) in [7, 11) is 1.89. The molecule has 7 nitrogen and oxygen atoms in total. The summed E-state index contributed by atoms with van der Waals surface area (Å²) in [6.45, 7) is 1.31. The monoisotopic (exact) mass is 342 g/mol. The van der Waals surface area contributed by atoms with E-state index in [2.05, 4.69) is 10.3 Å². The topological polar surface area (TPSA) is 87.5 Å². The van der Waals surface area contributed by atoms with Crippen LogP contribution in [0.5, 0.6) is 0 Å². The highest BCUT2D eigenvalue weighted by atomic mass is 16.3. The number of nitrogens with zero attached hydrogens (tertiary/aromatic N) is 3. The Labute approximate surface area is 145 Å². The SMILES string of the molecule is Cn1ccc2ccc(C(=O)N3CC[C@H](O)[C@@]4(CCCNC4=O)C3)nc21. The van der Waals surface area contributed by atoms with E-state index in [1.165, 1.54) is 0 Å². The zero-order valence-corrected chi connectivity index (χ0v) is 14.2. The van der Waals surface area contributed by atoms with Crippen LogP contribution in [0.3, 0.4) is 0 Å². The number of amides is 2. The van der Waals surface area contributed by atoms with Gasteiger partial charge >= 0.3 is 0 Å². The first-order valence-electron chi connectivity index (χ1n) is 8.69. The highest BCUT2D eigenvalue weighted by Crippen LogP contribution is 2.37. The molecule has 0 aromatic carbocycles. The van der Waals surface area contributed by atoms with Gasteiger partial charge in [-0.05, 0) is 37.5 Å². The van der Waals surface area contributed by atoms with Gasteiger partial charge in [0, 0.05) is 38.3 Å². The molecule has 0 aliphatic carbocycles. The molecule has 2 saturated heterocycles. The van der Waals surface area contributed by atoms with E-state index in [9.17, 15) is 14.7 Å². The second-order valence-electron chi connectivity index (χ2n) is 7.08. The lowest BCUT2D eigenvalue weighted by Crippen LogP contribution is -2.62. The van der Waals surface area contributed by atoms with Crippen molar-refractivity contribution in [3.05, 3.63) is 30.1 Å². The molecular formula is C18H22N4O3. The molecule has 2 aliphatic rings. The van der Waals surface area contributed by atoms with Gasteiger partial charge < -0.3 is 19.9 Å². The largest absolute Gasteiger partial charge is 0.392 e. The molecule has 2 atom stereocenters. The summed E-state index contributed by atoms with van der Waals surface area (Å²) in [5, 5.41) is 14.3. The Morgan fingerprint density at radius 1 is 1.40 bits per heavy atom. The van der Waals surface area contributed by atoms with Crippen molar-refractivity contribution in [2.45, 2.75) is 25.4 Å². The number of aromatic nitrogens is 2. The van der Waals surface area contributed by atoms with Crippen LogP contribution in [0.25, 0.3) is 11.0 Å². The number of aliphatic hydroxyl groups is 1. The van der Waals surface area contributed by atoms with Gasteiger partial charge in [0.1, 0.15) is 11.3 Å². The number of aliphatic hydroxyl groups excluding tert-OH is 1. The lowest BCUT2D eigenvalue weighted by atomic mass is 9.71. The fourth-order valence-electron chi connectivity index (χ4n) is 4.03. The minimum Gasteiger partial charge on any atom is -0.392 e. The van der Waals surface area contributed by atoms with Crippen LogP contribution in [-0.4, -0.2) is 57.1 Å². The van der Waals surface area contributed by atoms with Crippen molar-refractivity contribution in [1.29, 1.82) is 0 Å². The Morgan fingerprint density at radius 3 is 3.04 bits per heavy atom. The summed E-state index contributed by atoms with van der Waals surface area (Å²) < 4.78 is 1.88. The number of aryl methyl sites for hydroxylation is 1. The highest BCUT2D eigenvalue weighted by Gasteiger charge is 2.50. The average molecular weight is 342 g/mol. The Hall–Kier alpha value is -2.41. The first kappa shape index (κ1) is 16.1. The van der Waals surface area contributed by atoms with Crippen molar-refractivity contribution in [2.24, 2.45) is 12.5 Å². The minimum absolute atomic E-state index is 0.144. The Morgan fingerprint density at radius 2 is 2.24 bits per heavy atom. The zero-order chi connectivity index (χ0) is 17.6. The molecule has 2 amide bonds. The third-order valence-corrected chi connectivity index (χ3v) is 5.54. The van der Waals surface area contributed by atoms with Crippen LogP contribution >= 0.6 is 0 Å². The summed E-state index contributed by atoms with van der Waals surface area (Å²) >= 11 is 0. The van der Waals surface area contributed by atoms with Crippen molar-refractivity contribution >= 4 is 22.8 Å². The molecule has 4 rings (SSSR count). The van der Waals surface area contributed by atoms with Gasteiger partial charge in [0.2, 0.25) is 5.91 Å². The molecular weight excluding hydrogens is 320 g/mol. The predicted octanol–water partition coefficient (Wildman–Crippen LogP) is 0.676. The minimum atomic E-state index is -0.888. The van der Waals surface area contributed by atoms with Gasteiger partial charge in [-0.15, -0.1) is 0 Å². The number of hydrogen-bond acceptors (Lipinski definition) is 4. The number of pyridine rings is 1. The third kappa shape index (κ3) is 2.50. The molecule has 1 spiro atoms. The standard InChI is InChI=1S/C18H22N4O3/c1-21-9-5-12-3-4-13(20-15(12)21)16(24)22-10-6-14(23)18(11-22)7-2-8-19-17(18)25/h3-5,9,14,23H,2,6-8,10-11H2,1H3,(H,19,25)/t14-,18+/m0/s1. The van der Waals surface area contributed by atoms with Gasteiger partial charge in [-0.25, -0.2) is 4.98 Å². The molecule has 2 fully saturated rings. The smallest absolute Gasteiger partial charge is 0.272 e. The molecule has 2 N–H and O–H groups in total.